The smallest absolute Gasteiger partial charge is 0.250 e. The molecule has 60 valence electrons. The number of rotatable bonds is 2. The van der Waals surface area contributed by atoms with Gasteiger partial charge in [-0.05, 0) is 34.6 Å². The van der Waals surface area contributed by atoms with Crippen molar-refractivity contribution in [2.24, 2.45) is 0 Å². The number of hydrogen-bond donors (Lipinski definition) is 0. The van der Waals surface area contributed by atoms with E-state index in [1.54, 1.807) is 16.8 Å². The third kappa shape index (κ3) is 2.01. The van der Waals surface area contributed by atoms with Crippen LogP contribution in [0.5, 0.6) is 0 Å². The van der Waals surface area contributed by atoms with Gasteiger partial charge in [-0.3, -0.25) is 4.79 Å². The zero-order valence-corrected chi connectivity index (χ0v) is 7.65. The van der Waals surface area contributed by atoms with E-state index in [4.69, 9.17) is 10.7 Å². The summed E-state index contributed by atoms with van der Waals surface area (Å²) >= 11 is 0. The van der Waals surface area contributed by atoms with Gasteiger partial charge >= 0.3 is 0 Å². The van der Waals surface area contributed by atoms with Gasteiger partial charge in [-0.15, -0.1) is 0 Å². The molecule has 0 spiro atoms. The average molecular weight is 190 g/mol. The van der Waals surface area contributed by atoms with Gasteiger partial charge in [-0.2, -0.15) is 0 Å². The van der Waals surface area contributed by atoms with E-state index in [1.807, 2.05) is 6.92 Å². The molecule has 0 bridgehead atoms. The fraction of sp³-hybridized carbons (Fsp3) is 0.286. The first-order valence-electron chi connectivity index (χ1n) is 3.27. The third-order valence-electron chi connectivity index (χ3n) is 1.39. The summed E-state index contributed by atoms with van der Waals surface area (Å²) < 4.78 is 1.62. The van der Waals surface area contributed by atoms with Crippen molar-refractivity contribution in [2.45, 2.75) is 18.4 Å². The predicted molar refractivity (Wildman–Crippen MR) is 48.1 cm³/mol. The Labute approximate surface area is 73.7 Å². The van der Waals surface area contributed by atoms with E-state index in [0.717, 1.165) is 15.9 Å². The van der Waals surface area contributed by atoms with Crippen LogP contribution in [0.15, 0.2) is 28.0 Å². The number of hydrogen-bond acceptors (Lipinski definition) is 2. The highest BCUT2D eigenvalue weighted by molar-refractivity contribution is 8.21. The lowest BCUT2D eigenvalue weighted by Gasteiger charge is -2.00. The fourth-order valence-electron chi connectivity index (χ4n) is 0.802. The van der Waals surface area contributed by atoms with Crippen LogP contribution in [0, 0.1) is 0 Å². The highest BCUT2D eigenvalue weighted by Crippen LogP contribution is 2.19. The van der Waals surface area contributed by atoms with Crippen molar-refractivity contribution in [3.63, 3.8) is 0 Å². The molecular formula is C7H8ClNOS. The summed E-state index contributed by atoms with van der Waals surface area (Å²) in [6.45, 7) is 2.61. The normalized spacial score (nSPS) is 10.0. The summed E-state index contributed by atoms with van der Waals surface area (Å²) in [7, 11) is 6.63. The van der Waals surface area contributed by atoms with Gasteiger partial charge in [0.1, 0.15) is 0 Å². The average Bonchev–Trinajstić information content (AvgIpc) is 2.05. The van der Waals surface area contributed by atoms with Crippen LogP contribution < -0.4 is 5.56 Å². The van der Waals surface area contributed by atoms with Gasteiger partial charge in [-0.1, -0.05) is 0 Å². The summed E-state index contributed by atoms with van der Waals surface area (Å²) in [6.07, 6.45) is 1.75. The monoisotopic (exact) mass is 189 g/mol. The minimum absolute atomic E-state index is 0.0157. The van der Waals surface area contributed by atoms with Crippen molar-refractivity contribution in [1.82, 2.24) is 4.57 Å². The summed E-state index contributed by atoms with van der Waals surface area (Å²) in [5.41, 5.74) is 0.0157. The van der Waals surface area contributed by atoms with Crippen LogP contribution in [-0.2, 0) is 6.54 Å². The largest absolute Gasteiger partial charge is 0.315 e. The number of aryl methyl sites for hydroxylation is 1. The lowest BCUT2D eigenvalue weighted by molar-refractivity contribution is 0.716. The van der Waals surface area contributed by atoms with E-state index in [9.17, 15) is 4.79 Å². The van der Waals surface area contributed by atoms with Crippen LogP contribution in [0.3, 0.4) is 0 Å². The Balaban J connectivity index is 3.13. The molecule has 0 N–H and O–H groups in total. The molecule has 0 atom stereocenters. The Morgan fingerprint density at radius 1 is 1.64 bits per heavy atom. The van der Waals surface area contributed by atoms with Gasteiger partial charge in [0.2, 0.25) is 0 Å². The molecule has 1 heterocycles. The Hall–Kier alpha value is -0.410. The van der Waals surface area contributed by atoms with E-state index in [2.05, 4.69) is 0 Å². The summed E-state index contributed by atoms with van der Waals surface area (Å²) in [5, 5.41) is 0. The number of aromatic nitrogens is 1. The summed E-state index contributed by atoms with van der Waals surface area (Å²) in [4.78, 5) is 11.9. The quantitative estimate of drug-likeness (QED) is 0.711. The Morgan fingerprint density at radius 2 is 2.36 bits per heavy atom. The third-order valence-corrected chi connectivity index (χ3v) is 2.34. The SMILES string of the molecule is CCn1cc(SCl)ccc1=O. The summed E-state index contributed by atoms with van der Waals surface area (Å²) in [5.74, 6) is 0. The molecule has 0 radical (unpaired) electrons. The molecule has 0 aliphatic heterocycles. The molecular weight excluding hydrogens is 182 g/mol. The molecule has 0 saturated heterocycles. The minimum atomic E-state index is 0.0157. The van der Waals surface area contributed by atoms with E-state index < -0.39 is 0 Å². The lowest BCUT2D eigenvalue weighted by atomic mass is 10.5. The van der Waals surface area contributed by atoms with Crippen LogP contribution in [0.25, 0.3) is 0 Å². The lowest BCUT2D eigenvalue weighted by Crippen LogP contribution is -2.16. The molecule has 0 unspecified atom stereocenters. The van der Waals surface area contributed by atoms with E-state index in [0.29, 0.717) is 6.54 Å². The van der Waals surface area contributed by atoms with Crippen molar-refractivity contribution in [3.05, 3.63) is 28.7 Å². The maximum Gasteiger partial charge on any atom is 0.250 e. The predicted octanol–water partition coefficient (Wildman–Crippen LogP) is 2.11. The molecule has 11 heavy (non-hydrogen) atoms. The van der Waals surface area contributed by atoms with E-state index >= 15 is 0 Å². The van der Waals surface area contributed by atoms with Gasteiger partial charge in [-0.25, -0.2) is 0 Å². The van der Waals surface area contributed by atoms with Gasteiger partial charge in [0.25, 0.3) is 5.56 Å². The molecule has 0 aromatic carbocycles. The number of pyridine rings is 1. The Morgan fingerprint density at radius 3 is 2.91 bits per heavy atom. The van der Waals surface area contributed by atoms with Crippen LogP contribution >= 0.6 is 21.7 Å². The first-order valence-corrected chi connectivity index (χ1v) is 4.91. The molecule has 0 amide bonds. The van der Waals surface area contributed by atoms with Gasteiger partial charge in [0.15, 0.2) is 0 Å². The van der Waals surface area contributed by atoms with Crippen molar-refractivity contribution in [3.8, 4) is 0 Å². The Kier molecular flexibility index (Phi) is 3.02. The van der Waals surface area contributed by atoms with Crippen molar-refractivity contribution in [1.29, 1.82) is 0 Å². The van der Waals surface area contributed by atoms with Gasteiger partial charge < -0.3 is 4.57 Å². The molecule has 0 fully saturated rings. The van der Waals surface area contributed by atoms with Gasteiger partial charge in [0.05, 0.1) is 0 Å². The zero-order valence-electron chi connectivity index (χ0n) is 6.08. The van der Waals surface area contributed by atoms with Gasteiger partial charge in [0, 0.05) is 23.7 Å². The molecule has 1 aromatic rings. The molecule has 0 saturated carbocycles. The standard InChI is InChI=1S/C7H8ClNOS/c1-2-9-5-6(11-8)3-4-7(9)10/h3-5H,2H2,1H3. The number of halogens is 1. The van der Waals surface area contributed by atoms with Crippen molar-refractivity contribution in [2.75, 3.05) is 0 Å². The fourth-order valence-corrected chi connectivity index (χ4v) is 1.36. The second-order valence-corrected chi connectivity index (χ2v) is 3.15. The van der Waals surface area contributed by atoms with E-state index in [1.165, 1.54) is 6.07 Å². The van der Waals surface area contributed by atoms with Crippen molar-refractivity contribution >= 4 is 21.7 Å². The molecule has 0 aliphatic rings. The Bertz CT molecular complexity index is 297. The zero-order chi connectivity index (χ0) is 8.27. The van der Waals surface area contributed by atoms with Crippen LogP contribution in [0.4, 0.5) is 0 Å². The van der Waals surface area contributed by atoms with Crippen LogP contribution in [0.1, 0.15) is 6.92 Å². The molecule has 1 aromatic heterocycles. The molecule has 2 nitrogen and oxygen atoms in total. The van der Waals surface area contributed by atoms with Crippen LogP contribution in [-0.4, -0.2) is 4.57 Å². The highest BCUT2D eigenvalue weighted by Gasteiger charge is 1.94. The second-order valence-electron chi connectivity index (χ2n) is 2.07. The maximum absolute atomic E-state index is 11.0. The maximum atomic E-state index is 11.0. The minimum Gasteiger partial charge on any atom is -0.315 e. The molecule has 1 rings (SSSR count). The molecule has 4 heteroatoms. The first-order chi connectivity index (χ1) is 5.27. The number of nitrogens with zero attached hydrogens (tertiary/aromatic N) is 1. The molecule has 0 aliphatic carbocycles. The second kappa shape index (κ2) is 3.83. The van der Waals surface area contributed by atoms with E-state index in [-0.39, 0.29) is 5.56 Å². The summed E-state index contributed by atoms with van der Waals surface area (Å²) in [6, 6.07) is 3.24. The van der Waals surface area contributed by atoms with Crippen LogP contribution in [0.2, 0.25) is 0 Å². The first kappa shape index (κ1) is 8.68. The highest BCUT2D eigenvalue weighted by atomic mass is 35.7. The topological polar surface area (TPSA) is 22.0 Å². The van der Waals surface area contributed by atoms with Crippen molar-refractivity contribution < 1.29 is 0 Å².